The van der Waals surface area contributed by atoms with Gasteiger partial charge in [-0.3, -0.25) is 4.79 Å². The molecule has 1 amide bonds. The highest BCUT2D eigenvalue weighted by Crippen LogP contribution is 2.10. The van der Waals surface area contributed by atoms with Gasteiger partial charge in [0.05, 0.1) is 11.9 Å². The van der Waals surface area contributed by atoms with Crippen molar-refractivity contribution in [1.29, 1.82) is 0 Å². The fourth-order valence-corrected chi connectivity index (χ4v) is 1.47. The van der Waals surface area contributed by atoms with Crippen molar-refractivity contribution in [2.45, 2.75) is 52.7 Å². The van der Waals surface area contributed by atoms with Gasteiger partial charge < -0.3 is 10.1 Å². The molecule has 0 aromatic heterocycles. The van der Waals surface area contributed by atoms with Gasteiger partial charge in [0.25, 0.3) is 0 Å². The number of nitrogens with one attached hydrogen (secondary N) is 1. The first-order valence-corrected chi connectivity index (χ1v) is 6.27. The Morgan fingerprint density at radius 3 is 2.18 bits per heavy atom. The van der Waals surface area contributed by atoms with Crippen LogP contribution >= 0.6 is 11.6 Å². The van der Waals surface area contributed by atoms with Crippen LogP contribution in [-0.2, 0) is 9.53 Å². The van der Waals surface area contributed by atoms with Crippen LogP contribution in [0.15, 0.2) is 0 Å². The Hall–Kier alpha value is -0.770. The molecule has 0 aromatic carbocycles. The predicted octanol–water partition coefficient (Wildman–Crippen LogP) is 2.73. The van der Waals surface area contributed by atoms with E-state index in [0.717, 1.165) is 0 Å². The molecule has 4 nitrogen and oxygen atoms in total. The summed E-state index contributed by atoms with van der Waals surface area (Å²) in [6, 6.07) is -0.567. The monoisotopic (exact) mass is 263 g/mol. The molecule has 0 saturated carbocycles. The number of Topliss-reactive ketones (excluding diaryl/α,β-unsaturated/α-hetero) is 1. The number of ketones is 1. The predicted molar refractivity (Wildman–Crippen MR) is 68.3 cm³/mol. The molecule has 0 aliphatic heterocycles. The molecule has 0 saturated heterocycles. The van der Waals surface area contributed by atoms with Crippen LogP contribution in [-0.4, -0.2) is 29.4 Å². The van der Waals surface area contributed by atoms with Gasteiger partial charge in [-0.05, 0) is 33.1 Å². The molecule has 0 aliphatic rings. The lowest BCUT2D eigenvalue weighted by molar-refractivity contribution is -0.119. The van der Waals surface area contributed by atoms with E-state index < -0.39 is 17.7 Å². The molecule has 0 fully saturated rings. The second kappa shape index (κ2) is 6.84. The zero-order valence-corrected chi connectivity index (χ0v) is 11.9. The van der Waals surface area contributed by atoms with Gasteiger partial charge in [-0.2, -0.15) is 0 Å². The van der Waals surface area contributed by atoms with Crippen molar-refractivity contribution < 1.29 is 14.3 Å². The Labute approximate surface area is 108 Å². The third kappa shape index (κ3) is 8.02. The van der Waals surface area contributed by atoms with E-state index in [-0.39, 0.29) is 11.7 Å². The molecule has 0 radical (unpaired) electrons. The largest absolute Gasteiger partial charge is 0.444 e. The number of alkyl carbamates (subject to hydrolysis) is 1. The van der Waals surface area contributed by atoms with Gasteiger partial charge in [0.2, 0.25) is 0 Å². The van der Waals surface area contributed by atoms with E-state index in [2.05, 4.69) is 5.32 Å². The van der Waals surface area contributed by atoms with Crippen molar-refractivity contribution in [3.8, 4) is 0 Å². The number of carbonyl (C=O) groups excluding carboxylic acids is 2. The summed E-state index contributed by atoms with van der Waals surface area (Å²) in [5.74, 6) is 0.000951. The van der Waals surface area contributed by atoms with Crippen molar-refractivity contribution in [3.05, 3.63) is 0 Å². The molecule has 0 aromatic rings. The van der Waals surface area contributed by atoms with Crippen LogP contribution in [0.5, 0.6) is 0 Å². The second-order valence-corrected chi connectivity index (χ2v) is 5.70. The fraction of sp³-hybridized carbons (Fsp3) is 0.833. The van der Waals surface area contributed by atoms with Gasteiger partial charge in [-0.25, -0.2) is 4.79 Å². The van der Waals surface area contributed by atoms with Gasteiger partial charge >= 0.3 is 6.09 Å². The summed E-state index contributed by atoms with van der Waals surface area (Å²) in [5.41, 5.74) is -0.573. The number of hydrogen-bond donors (Lipinski definition) is 1. The standard InChI is InChI=1S/C12H22ClNO3/c1-8(2)6-9(10(15)7-13)14-11(16)17-12(3,4)5/h8-9H,6-7H2,1-5H3,(H,14,16). The van der Waals surface area contributed by atoms with Gasteiger partial charge in [-0.15, -0.1) is 11.6 Å². The number of ether oxygens (including phenoxy) is 1. The normalized spacial score (nSPS) is 13.4. The molecule has 1 N–H and O–H groups in total. The van der Waals surface area contributed by atoms with Gasteiger partial charge in [0, 0.05) is 0 Å². The Morgan fingerprint density at radius 2 is 1.82 bits per heavy atom. The lowest BCUT2D eigenvalue weighted by Crippen LogP contribution is -2.44. The van der Waals surface area contributed by atoms with E-state index in [1.165, 1.54) is 0 Å². The minimum atomic E-state index is -0.582. The first-order chi connectivity index (χ1) is 7.65. The molecule has 1 unspecified atom stereocenters. The van der Waals surface area contributed by atoms with E-state index in [1.807, 2.05) is 13.8 Å². The Kier molecular flexibility index (Phi) is 6.53. The number of halogens is 1. The van der Waals surface area contributed by atoms with Gasteiger partial charge in [0.15, 0.2) is 5.78 Å². The first-order valence-electron chi connectivity index (χ1n) is 5.74. The molecular formula is C12H22ClNO3. The van der Waals surface area contributed by atoms with Crippen molar-refractivity contribution in [2.24, 2.45) is 5.92 Å². The number of alkyl halides is 1. The zero-order chi connectivity index (χ0) is 13.6. The highest BCUT2D eigenvalue weighted by atomic mass is 35.5. The van der Waals surface area contributed by atoms with E-state index >= 15 is 0 Å². The van der Waals surface area contributed by atoms with Crippen LogP contribution in [0.1, 0.15) is 41.0 Å². The molecule has 5 heteroatoms. The van der Waals surface area contributed by atoms with E-state index in [0.29, 0.717) is 12.3 Å². The maximum absolute atomic E-state index is 11.5. The van der Waals surface area contributed by atoms with Gasteiger partial charge in [0.1, 0.15) is 5.60 Å². The summed E-state index contributed by atoms with van der Waals surface area (Å²) in [6.45, 7) is 9.27. The van der Waals surface area contributed by atoms with Gasteiger partial charge in [-0.1, -0.05) is 13.8 Å². The van der Waals surface area contributed by atoms with E-state index in [1.54, 1.807) is 20.8 Å². The summed E-state index contributed by atoms with van der Waals surface area (Å²) in [6.07, 6.45) is -0.0215. The molecule has 100 valence electrons. The molecule has 1 atom stereocenters. The van der Waals surface area contributed by atoms with Crippen molar-refractivity contribution in [3.63, 3.8) is 0 Å². The SMILES string of the molecule is CC(C)CC(NC(=O)OC(C)(C)C)C(=O)CCl. The van der Waals surface area contributed by atoms with Crippen molar-refractivity contribution in [1.82, 2.24) is 5.32 Å². The first kappa shape index (κ1) is 16.2. The molecule has 0 spiro atoms. The highest BCUT2D eigenvalue weighted by Gasteiger charge is 2.24. The molecule has 0 bridgehead atoms. The maximum Gasteiger partial charge on any atom is 0.408 e. The Balaban J connectivity index is 4.43. The molecule has 17 heavy (non-hydrogen) atoms. The van der Waals surface area contributed by atoms with Crippen molar-refractivity contribution in [2.75, 3.05) is 5.88 Å². The zero-order valence-electron chi connectivity index (χ0n) is 11.2. The molecule has 0 heterocycles. The third-order valence-corrected chi connectivity index (χ3v) is 2.18. The Morgan fingerprint density at radius 1 is 1.29 bits per heavy atom. The van der Waals surface area contributed by atoms with Crippen LogP contribution in [0.2, 0.25) is 0 Å². The van der Waals surface area contributed by atoms with E-state index in [4.69, 9.17) is 16.3 Å². The number of amides is 1. The topological polar surface area (TPSA) is 55.4 Å². The van der Waals surface area contributed by atoms with Crippen LogP contribution in [0.4, 0.5) is 4.79 Å². The van der Waals surface area contributed by atoms with Crippen LogP contribution in [0.25, 0.3) is 0 Å². The molecular weight excluding hydrogens is 242 g/mol. The minimum absolute atomic E-state index is 0.104. The second-order valence-electron chi connectivity index (χ2n) is 5.43. The smallest absolute Gasteiger partial charge is 0.408 e. The van der Waals surface area contributed by atoms with Crippen LogP contribution < -0.4 is 5.32 Å². The average Bonchev–Trinajstić information content (AvgIpc) is 2.11. The molecule has 0 rings (SSSR count). The molecule has 0 aliphatic carbocycles. The number of rotatable bonds is 5. The summed E-state index contributed by atoms with van der Waals surface area (Å²) in [5, 5.41) is 2.56. The van der Waals surface area contributed by atoms with E-state index in [9.17, 15) is 9.59 Å². The maximum atomic E-state index is 11.5. The highest BCUT2D eigenvalue weighted by molar-refractivity contribution is 6.28. The fourth-order valence-electron chi connectivity index (χ4n) is 1.29. The minimum Gasteiger partial charge on any atom is -0.444 e. The summed E-state index contributed by atoms with van der Waals surface area (Å²) < 4.78 is 5.10. The summed E-state index contributed by atoms with van der Waals surface area (Å²) >= 11 is 5.51. The average molecular weight is 264 g/mol. The lowest BCUT2D eigenvalue weighted by atomic mass is 10.0. The van der Waals surface area contributed by atoms with Crippen molar-refractivity contribution >= 4 is 23.5 Å². The van der Waals surface area contributed by atoms with Crippen LogP contribution in [0.3, 0.4) is 0 Å². The van der Waals surface area contributed by atoms with Crippen LogP contribution in [0, 0.1) is 5.92 Å². The number of hydrogen-bond acceptors (Lipinski definition) is 3. The number of carbonyl (C=O) groups is 2. The summed E-state index contributed by atoms with van der Waals surface area (Å²) in [7, 11) is 0. The summed E-state index contributed by atoms with van der Waals surface area (Å²) in [4.78, 5) is 23.1. The Bertz CT molecular complexity index is 271. The quantitative estimate of drug-likeness (QED) is 0.776. The lowest BCUT2D eigenvalue weighted by Gasteiger charge is -2.23. The third-order valence-electron chi connectivity index (χ3n) is 1.92.